The molecule has 3 aromatic rings. The summed E-state index contributed by atoms with van der Waals surface area (Å²) in [6, 6.07) is 9.56. The van der Waals surface area contributed by atoms with Gasteiger partial charge in [0.25, 0.3) is 0 Å². The van der Waals surface area contributed by atoms with E-state index >= 15 is 0 Å². The molecule has 0 bridgehead atoms. The summed E-state index contributed by atoms with van der Waals surface area (Å²) in [6.07, 6.45) is 1.72. The van der Waals surface area contributed by atoms with Crippen molar-refractivity contribution in [2.24, 2.45) is 0 Å². The molecule has 1 aliphatic rings. The largest absolute Gasteiger partial charge is 0.492 e. The lowest BCUT2D eigenvalue weighted by Crippen LogP contribution is -2.38. The zero-order valence-corrected chi connectivity index (χ0v) is 17.6. The summed E-state index contributed by atoms with van der Waals surface area (Å²) < 4.78 is 24.5. The molecule has 0 radical (unpaired) electrons. The quantitative estimate of drug-likeness (QED) is 0.640. The van der Waals surface area contributed by atoms with Gasteiger partial charge < -0.3 is 14.5 Å². The Morgan fingerprint density at radius 1 is 1.28 bits per heavy atom. The number of hydrogen-bond acceptors (Lipinski definition) is 6. The van der Waals surface area contributed by atoms with Gasteiger partial charge in [0, 0.05) is 31.4 Å². The van der Waals surface area contributed by atoms with Crippen LogP contribution in [0.1, 0.15) is 23.4 Å². The van der Waals surface area contributed by atoms with Crippen molar-refractivity contribution in [3.8, 4) is 5.75 Å². The third-order valence-corrected chi connectivity index (χ3v) is 6.67. The Labute approximate surface area is 172 Å². The summed E-state index contributed by atoms with van der Waals surface area (Å²) in [4.78, 5) is 14.5. The minimum Gasteiger partial charge on any atom is -0.492 e. The van der Waals surface area contributed by atoms with Gasteiger partial charge in [-0.3, -0.25) is 14.1 Å². The molecular weight excluding hydrogens is 388 g/mol. The van der Waals surface area contributed by atoms with Crippen LogP contribution in [0.25, 0.3) is 11.0 Å². The highest BCUT2D eigenvalue weighted by atomic mass is 32.2. The Kier molecular flexibility index (Phi) is 6.22. The minimum atomic E-state index is -1.35. The fourth-order valence-corrected chi connectivity index (χ4v) is 4.68. The Balaban J connectivity index is 1.45. The van der Waals surface area contributed by atoms with E-state index < -0.39 is 10.8 Å². The topological polar surface area (TPSA) is 80.3 Å². The van der Waals surface area contributed by atoms with Gasteiger partial charge in [-0.05, 0) is 32.0 Å². The molecule has 1 fully saturated rings. The first-order chi connectivity index (χ1) is 14.1. The molecule has 8 heteroatoms. The molecule has 29 heavy (non-hydrogen) atoms. The van der Waals surface area contributed by atoms with E-state index in [1.165, 1.54) is 0 Å². The first-order valence-corrected chi connectivity index (χ1v) is 11.1. The zero-order chi connectivity index (χ0) is 20.2. The number of para-hydroxylation sites is 2. The summed E-state index contributed by atoms with van der Waals surface area (Å²) >= 11 is 0. The predicted octanol–water partition coefficient (Wildman–Crippen LogP) is 2.85. The second-order valence-electron chi connectivity index (χ2n) is 7.12. The average Bonchev–Trinajstić information content (AvgIpc) is 3.19. The molecule has 3 heterocycles. The molecule has 4 rings (SSSR count). The molecule has 2 atom stereocenters. The van der Waals surface area contributed by atoms with Crippen molar-refractivity contribution in [1.82, 2.24) is 19.9 Å². The van der Waals surface area contributed by atoms with Crippen molar-refractivity contribution in [3.63, 3.8) is 0 Å². The highest BCUT2D eigenvalue weighted by Crippen LogP contribution is 2.29. The molecule has 0 saturated carbocycles. The van der Waals surface area contributed by atoms with Gasteiger partial charge in [0.1, 0.15) is 12.4 Å². The molecule has 1 N–H and O–H groups in total. The number of morpholine rings is 1. The van der Waals surface area contributed by atoms with Gasteiger partial charge in [-0.25, -0.2) is 4.98 Å². The van der Waals surface area contributed by atoms with Gasteiger partial charge in [-0.1, -0.05) is 12.1 Å². The van der Waals surface area contributed by atoms with Gasteiger partial charge in [-0.2, -0.15) is 0 Å². The van der Waals surface area contributed by atoms with Crippen LogP contribution in [0.5, 0.6) is 5.75 Å². The van der Waals surface area contributed by atoms with Crippen LogP contribution in [-0.2, 0) is 15.5 Å². The molecule has 1 saturated heterocycles. The van der Waals surface area contributed by atoms with Crippen LogP contribution in [0.15, 0.2) is 41.7 Å². The predicted molar refractivity (Wildman–Crippen MR) is 113 cm³/mol. The molecule has 0 aliphatic carbocycles. The summed E-state index contributed by atoms with van der Waals surface area (Å²) in [7, 11) is -1.35. The van der Waals surface area contributed by atoms with Crippen molar-refractivity contribution in [3.05, 3.63) is 47.8 Å². The van der Waals surface area contributed by atoms with E-state index in [4.69, 9.17) is 9.47 Å². The van der Waals surface area contributed by atoms with Crippen LogP contribution in [0.2, 0.25) is 0 Å². The van der Waals surface area contributed by atoms with Crippen LogP contribution in [0, 0.1) is 6.92 Å². The van der Waals surface area contributed by atoms with E-state index in [0.29, 0.717) is 11.8 Å². The summed E-state index contributed by atoms with van der Waals surface area (Å²) in [5.74, 6) is 0.789. The monoisotopic (exact) mass is 414 g/mol. The number of imidazole rings is 1. The van der Waals surface area contributed by atoms with Gasteiger partial charge in [0.2, 0.25) is 0 Å². The van der Waals surface area contributed by atoms with Crippen LogP contribution >= 0.6 is 0 Å². The molecule has 0 spiro atoms. The molecule has 154 valence electrons. The number of benzene rings is 1. The van der Waals surface area contributed by atoms with Crippen molar-refractivity contribution >= 4 is 21.8 Å². The van der Waals surface area contributed by atoms with E-state index in [2.05, 4.69) is 19.9 Å². The standard InChI is InChI=1S/C21H26N4O3S/c1-15-19(28-14-11-25-9-12-27-13-10-25)7-8-22-20(15)16(2)29(26)21-23-17-5-3-4-6-18(17)24-21/h3-8,16H,9-14H2,1-2H3,(H,23,24). The molecular formula is C21H26N4O3S. The smallest absolute Gasteiger partial charge is 0.198 e. The fraction of sp³-hybridized carbons (Fsp3) is 0.429. The number of nitrogens with one attached hydrogen (secondary N) is 1. The van der Waals surface area contributed by atoms with Gasteiger partial charge in [-0.15, -0.1) is 0 Å². The number of pyridine rings is 1. The van der Waals surface area contributed by atoms with E-state index in [9.17, 15) is 4.21 Å². The summed E-state index contributed by atoms with van der Waals surface area (Å²) in [6.45, 7) is 8.79. The maximum atomic E-state index is 13.1. The third kappa shape index (κ3) is 4.49. The van der Waals surface area contributed by atoms with Crippen molar-refractivity contribution < 1.29 is 13.7 Å². The molecule has 7 nitrogen and oxygen atoms in total. The molecule has 1 aliphatic heterocycles. The molecule has 0 amide bonds. The van der Waals surface area contributed by atoms with Crippen LogP contribution in [0.3, 0.4) is 0 Å². The normalized spacial score (nSPS) is 17.3. The van der Waals surface area contributed by atoms with E-state index in [1.54, 1.807) is 6.20 Å². The van der Waals surface area contributed by atoms with Crippen molar-refractivity contribution in [2.45, 2.75) is 24.3 Å². The Hall–Kier alpha value is -2.29. The first-order valence-electron chi connectivity index (χ1n) is 9.87. The number of hydrogen-bond donors (Lipinski definition) is 1. The van der Waals surface area contributed by atoms with Gasteiger partial charge >= 0.3 is 0 Å². The highest BCUT2D eigenvalue weighted by Gasteiger charge is 2.23. The maximum Gasteiger partial charge on any atom is 0.198 e. The second kappa shape index (κ2) is 9.02. The molecule has 1 aromatic carbocycles. The fourth-order valence-electron chi connectivity index (χ4n) is 3.50. The number of rotatable bonds is 7. The zero-order valence-electron chi connectivity index (χ0n) is 16.8. The SMILES string of the molecule is Cc1c(OCCN2CCOCC2)ccnc1C(C)S(=O)c1nc2ccccc2[nH]1. The Morgan fingerprint density at radius 3 is 2.86 bits per heavy atom. The maximum absolute atomic E-state index is 13.1. The van der Waals surface area contributed by atoms with Crippen LogP contribution in [-0.4, -0.2) is 63.5 Å². The lowest BCUT2D eigenvalue weighted by molar-refractivity contribution is 0.0322. The number of nitrogens with zero attached hydrogens (tertiary/aromatic N) is 3. The van der Waals surface area contributed by atoms with E-state index in [-0.39, 0.29) is 5.25 Å². The van der Waals surface area contributed by atoms with Gasteiger partial charge in [0.05, 0.1) is 46.0 Å². The van der Waals surface area contributed by atoms with Crippen molar-refractivity contribution in [2.75, 3.05) is 39.5 Å². The average molecular weight is 415 g/mol. The third-order valence-electron chi connectivity index (χ3n) is 5.23. The second-order valence-corrected chi connectivity index (χ2v) is 8.81. The first kappa shape index (κ1) is 20.0. The lowest BCUT2D eigenvalue weighted by Gasteiger charge is -2.26. The number of ether oxygens (including phenoxy) is 2. The lowest BCUT2D eigenvalue weighted by atomic mass is 10.1. The highest BCUT2D eigenvalue weighted by molar-refractivity contribution is 7.85. The Bertz CT molecular complexity index is 968. The Morgan fingerprint density at radius 2 is 2.07 bits per heavy atom. The number of aromatic amines is 1. The minimum absolute atomic E-state index is 0.307. The number of fused-ring (bicyclic) bond motifs is 1. The van der Waals surface area contributed by atoms with Crippen LogP contribution in [0.4, 0.5) is 0 Å². The summed E-state index contributed by atoms with van der Waals surface area (Å²) in [5.41, 5.74) is 3.39. The van der Waals surface area contributed by atoms with Crippen molar-refractivity contribution in [1.29, 1.82) is 0 Å². The van der Waals surface area contributed by atoms with Gasteiger partial charge in [0.15, 0.2) is 5.16 Å². The summed E-state index contributed by atoms with van der Waals surface area (Å²) in [5, 5.41) is 0.164. The number of H-pyrrole nitrogens is 1. The van der Waals surface area contributed by atoms with Crippen LogP contribution < -0.4 is 4.74 Å². The molecule has 2 aromatic heterocycles. The van der Waals surface area contributed by atoms with E-state index in [0.717, 1.165) is 60.9 Å². The van der Waals surface area contributed by atoms with E-state index in [1.807, 2.05) is 44.2 Å². The number of aromatic nitrogens is 3. The molecule has 2 unspecified atom stereocenters.